The number of fused-ring (bicyclic) bond motifs is 3. The van der Waals surface area contributed by atoms with Gasteiger partial charge in [0.2, 0.25) is 0 Å². The zero-order valence-electron chi connectivity index (χ0n) is 17.0. The van der Waals surface area contributed by atoms with Gasteiger partial charge in [-0.25, -0.2) is 0 Å². The molecule has 0 unspecified atom stereocenters. The van der Waals surface area contributed by atoms with Crippen molar-refractivity contribution in [2.75, 3.05) is 0 Å². The van der Waals surface area contributed by atoms with Crippen LogP contribution in [-0.4, -0.2) is 28.7 Å². The predicted molar refractivity (Wildman–Crippen MR) is 105 cm³/mol. The van der Waals surface area contributed by atoms with Gasteiger partial charge in [0.05, 0.1) is 30.3 Å². The van der Waals surface area contributed by atoms with Crippen LogP contribution in [0.2, 0.25) is 0 Å². The van der Waals surface area contributed by atoms with Crippen molar-refractivity contribution in [2.45, 2.75) is 77.0 Å². The lowest BCUT2D eigenvalue weighted by atomic mass is 9.47. The zero-order valence-corrected chi connectivity index (χ0v) is 17.0. The Balaban J connectivity index is 1.70. The molecule has 0 radical (unpaired) electrons. The molecule has 0 amide bonds. The maximum Gasteiger partial charge on any atom is 0.163 e. The third kappa shape index (κ3) is 2.76. The highest BCUT2D eigenvalue weighted by Gasteiger charge is 2.65. The molecule has 2 aliphatic carbocycles. The number of hydrogen-bond acceptors (Lipinski definition) is 4. The molecule has 4 rings (SSSR count). The second-order valence-corrected chi connectivity index (χ2v) is 9.55. The number of rotatable bonds is 3. The molecule has 2 heterocycles. The average molecular weight is 373 g/mol. The fraction of sp³-hybridized carbons (Fsp3) is 0.652. The fourth-order valence-corrected chi connectivity index (χ4v) is 5.88. The first-order valence-electron chi connectivity index (χ1n) is 10.0. The molecular formula is C23H32O4. The van der Waals surface area contributed by atoms with Crippen LogP contribution in [0, 0.1) is 17.3 Å². The van der Waals surface area contributed by atoms with Crippen molar-refractivity contribution in [3.63, 3.8) is 0 Å². The molecule has 1 aliphatic heterocycles. The van der Waals surface area contributed by atoms with Crippen molar-refractivity contribution in [1.29, 1.82) is 0 Å². The summed E-state index contributed by atoms with van der Waals surface area (Å²) in [6.07, 6.45) is 6.38. The van der Waals surface area contributed by atoms with Gasteiger partial charge in [-0.05, 0) is 57.1 Å². The van der Waals surface area contributed by atoms with Gasteiger partial charge in [0.15, 0.2) is 5.79 Å². The molecule has 4 heteroatoms. The second-order valence-electron chi connectivity index (χ2n) is 9.55. The quantitative estimate of drug-likeness (QED) is 0.763. The van der Waals surface area contributed by atoms with E-state index in [1.807, 2.05) is 19.9 Å². The van der Waals surface area contributed by atoms with E-state index in [0.29, 0.717) is 12.3 Å². The maximum atomic E-state index is 12.2. The molecule has 3 fully saturated rings. The van der Waals surface area contributed by atoms with Gasteiger partial charge in [-0.1, -0.05) is 32.6 Å². The highest BCUT2D eigenvalue weighted by molar-refractivity contribution is 5.63. The number of furan rings is 1. The summed E-state index contributed by atoms with van der Waals surface area (Å²) >= 11 is 0. The largest absolute Gasteiger partial charge is 0.472 e. The monoisotopic (exact) mass is 372 g/mol. The van der Waals surface area contributed by atoms with Gasteiger partial charge in [0.25, 0.3) is 0 Å². The Labute approximate surface area is 162 Å². The Kier molecular flexibility index (Phi) is 4.26. The minimum absolute atomic E-state index is 0.0248. The molecule has 0 spiro atoms. The standard InChI is InChI=1S/C23H32O4/c1-14-11-16(3)22(6,12-15(2)17-8-10-25-13-17)23(24)9-7-18-20(19(14)23)27-21(4,5)26-18/h8,10,13,16,18-20,24H,1-2,7,9,11-12H2,3-6H3/t16-,18-,19+,20-,22+,23-/m1/s1. The molecule has 6 atom stereocenters. The van der Waals surface area contributed by atoms with Crippen molar-refractivity contribution >= 4 is 5.57 Å². The van der Waals surface area contributed by atoms with Crippen LogP contribution < -0.4 is 0 Å². The summed E-state index contributed by atoms with van der Waals surface area (Å²) in [5, 5.41) is 12.2. The van der Waals surface area contributed by atoms with Crippen LogP contribution in [-0.2, 0) is 9.47 Å². The molecule has 1 aromatic heterocycles. The van der Waals surface area contributed by atoms with Crippen LogP contribution >= 0.6 is 0 Å². The topological polar surface area (TPSA) is 51.8 Å². The Morgan fingerprint density at radius 2 is 2.04 bits per heavy atom. The Bertz CT molecular complexity index is 748. The molecule has 3 aliphatic rings. The molecular weight excluding hydrogens is 340 g/mol. The zero-order chi connectivity index (χ0) is 19.6. The van der Waals surface area contributed by atoms with Gasteiger partial charge < -0.3 is 19.0 Å². The molecule has 1 aromatic rings. The molecule has 27 heavy (non-hydrogen) atoms. The van der Waals surface area contributed by atoms with Crippen molar-refractivity contribution in [2.24, 2.45) is 17.3 Å². The summed E-state index contributed by atoms with van der Waals surface area (Å²) in [5.74, 6) is -0.432. The van der Waals surface area contributed by atoms with Gasteiger partial charge in [0.1, 0.15) is 0 Å². The first kappa shape index (κ1) is 19.0. The number of aliphatic hydroxyl groups is 1. The van der Waals surface area contributed by atoms with Crippen LogP contribution in [0.25, 0.3) is 5.57 Å². The lowest BCUT2D eigenvalue weighted by Crippen LogP contribution is -2.65. The Hall–Kier alpha value is -1.36. The van der Waals surface area contributed by atoms with E-state index in [0.717, 1.165) is 36.0 Å². The van der Waals surface area contributed by atoms with E-state index in [1.54, 1.807) is 12.5 Å². The highest BCUT2D eigenvalue weighted by Crippen LogP contribution is 2.62. The van der Waals surface area contributed by atoms with Gasteiger partial charge in [0, 0.05) is 16.9 Å². The molecule has 2 saturated carbocycles. The third-order valence-corrected chi connectivity index (χ3v) is 7.47. The first-order valence-corrected chi connectivity index (χ1v) is 10.0. The number of ether oxygens (including phenoxy) is 2. The van der Waals surface area contributed by atoms with E-state index < -0.39 is 11.4 Å². The van der Waals surface area contributed by atoms with Gasteiger partial charge in [-0.15, -0.1) is 0 Å². The molecule has 0 bridgehead atoms. The molecule has 4 nitrogen and oxygen atoms in total. The van der Waals surface area contributed by atoms with Crippen molar-refractivity contribution in [3.8, 4) is 0 Å². The minimum atomic E-state index is -0.890. The van der Waals surface area contributed by atoms with Gasteiger partial charge in [-0.2, -0.15) is 0 Å². The predicted octanol–water partition coefficient (Wildman–Crippen LogP) is 4.95. The van der Waals surface area contributed by atoms with Gasteiger partial charge >= 0.3 is 0 Å². The lowest BCUT2D eigenvalue weighted by Gasteiger charge is -2.61. The summed E-state index contributed by atoms with van der Waals surface area (Å²) in [6.45, 7) is 17.0. The fourth-order valence-electron chi connectivity index (χ4n) is 5.88. The third-order valence-electron chi connectivity index (χ3n) is 7.47. The van der Waals surface area contributed by atoms with E-state index >= 15 is 0 Å². The first-order chi connectivity index (χ1) is 12.6. The lowest BCUT2D eigenvalue weighted by molar-refractivity contribution is -0.203. The van der Waals surface area contributed by atoms with E-state index in [-0.39, 0.29) is 23.5 Å². The van der Waals surface area contributed by atoms with E-state index in [4.69, 9.17) is 13.9 Å². The molecule has 1 N–H and O–H groups in total. The summed E-state index contributed by atoms with van der Waals surface area (Å²) < 4.78 is 17.6. The SMILES string of the molecule is C=C(C[C@@]1(C)[C@H](C)CC(=C)[C@H]2[C@@H]3OC(C)(C)O[C@@H]3CC[C@@]21O)c1ccoc1. The Morgan fingerprint density at radius 1 is 1.30 bits per heavy atom. The van der Waals surface area contributed by atoms with Crippen molar-refractivity contribution in [1.82, 2.24) is 0 Å². The second kappa shape index (κ2) is 6.07. The van der Waals surface area contributed by atoms with Crippen LogP contribution in [0.3, 0.4) is 0 Å². The minimum Gasteiger partial charge on any atom is -0.472 e. The summed E-state index contributed by atoms with van der Waals surface area (Å²) in [7, 11) is 0. The van der Waals surface area contributed by atoms with Crippen LogP contribution in [0.5, 0.6) is 0 Å². The summed E-state index contributed by atoms with van der Waals surface area (Å²) in [4.78, 5) is 0. The normalized spacial score (nSPS) is 43.2. The van der Waals surface area contributed by atoms with E-state index in [2.05, 4.69) is 27.0 Å². The molecule has 1 saturated heterocycles. The van der Waals surface area contributed by atoms with Crippen molar-refractivity contribution < 1.29 is 19.0 Å². The molecule has 0 aromatic carbocycles. The molecule has 148 valence electrons. The smallest absolute Gasteiger partial charge is 0.163 e. The van der Waals surface area contributed by atoms with Gasteiger partial charge in [-0.3, -0.25) is 0 Å². The van der Waals surface area contributed by atoms with Crippen LogP contribution in [0.15, 0.2) is 41.7 Å². The average Bonchev–Trinajstić information content (AvgIpc) is 3.19. The number of allylic oxidation sites excluding steroid dienone is 1. The summed E-state index contributed by atoms with van der Waals surface area (Å²) in [6, 6.07) is 1.94. The highest BCUT2D eigenvalue weighted by atomic mass is 16.8. The Morgan fingerprint density at radius 3 is 2.70 bits per heavy atom. The maximum absolute atomic E-state index is 12.2. The summed E-state index contributed by atoms with van der Waals surface area (Å²) in [5.41, 5.74) is 1.88. The van der Waals surface area contributed by atoms with Crippen LogP contribution in [0.1, 0.15) is 58.9 Å². The van der Waals surface area contributed by atoms with E-state index in [1.165, 1.54) is 0 Å². The van der Waals surface area contributed by atoms with E-state index in [9.17, 15) is 5.11 Å². The van der Waals surface area contributed by atoms with Crippen LogP contribution in [0.4, 0.5) is 0 Å². The number of hydrogen-bond donors (Lipinski definition) is 1. The van der Waals surface area contributed by atoms with Crippen molar-refractivity contribution in [3.05, 3.63) is 42.9 Å².